The Morgan fingerprint density at radius 3 is 2.86 bits per heavy atom. The van der Waals surface area contributed by atoms with Crippen LogP contribution in [0.3, 0.4) is 0 Å². The number of hydrogen-bond donors (Lipinski definition) is 2. The van der Waals surface area contributed by atoms with Crippen molar-refractivity contribution in [2.75, 3.05) is 16.8 Å². The zero-order valence-corrected chi connectivity index (χ0v) is 13.0. The first-order chi connectivity index (χ1) is 10.4. The summed E-state index contributed by atoms with van der Waals surface area (Å²) in [7, 11) is -3.79. The van der Waals surface area contributed by atoms with Crippen LogP contribution in [0.2, 0.25) is 0 Å². The van der Waals surface area contributed by atoms with Crippen LogP contribution in [0.25, 0.3) is 0 Å². The van der Waals surface area contributed by atoms with E-state index in [1.807, 2.05) is 0 Å². The molecule has 0 aliphatic carbocycles. The molecule has 1 aromatic carbocycles. The summed E-state index contributed by atoms with van der Waals surface area (Å²) >= 11 is 0.863. The van der Waals surface area contributed by atoms with E-state index in [2.05, 4.69) is 15.0 Å². The molecular formula is C12H11N3O5S2. The number of thiazole rings is 1. The number of carbonyl (C=O) groups excluding carboxylic acids is 1. The molecule has 2 N–H and O–H groups in total. The molecule has 0 spiro atoms. The van der Waals surface area contributed by atoms with Gasteiger partial charge in [-0.3, -0.25) is 9.52 Å². The third-order valence-electron chi connectivity index (χ3n) is 2.66. The van der Waals surface area contributed by atoms with E-state index in [0.717, 1.165) is 11.3 Å². The van der Waals surface area contributed by atoms with Crippen LogP contribution in [0.15, 0.2) is 28.6 Å². The lowest BCUT2D eigenvalue weighted by Gasteiger charge is -2.06. The standard InChI is InChI=1S/C12H11N3O5S2/c1-7(16)14-12-13-5-11(21-12)22(17,18)15-8-2-3-9-10(4-8)20-6-19-9/h2-5,15H,6H2,1H3,(H,13,14,16). The number of amides is 1. The van der Waals surface area contributed by atoms with Crippen molar-refractivity contribution in [2.24, 2.45) is 0 Å². The van der Waals surface area contributed by atoms with Crippen molar-refractivity contribution in [3.05, 3.63) is 24.4 Å². The van der Waals surface area contributed by atoms with Gasteiger partial charge < -0.3 is 14.8 Å². The number of benzene rings is 1. The number of nitrogens with one attached hydrogen (secondary N) is 2. The first-order valence-electron chi connectivity index (χ1n) is 6.10. The number of rotatable bonds is 4. The van der Waals surface area contributed by atoms with E-state index in [-0.39, 0.29) is 22.0 Å². The molecule has 2 heterocycles. The Hall–Kier alpha value is -2.33. The highest BCUT2D eigenvalue weighted by atomic mass is 32.2. The van der Waals surface area contributed by atoms with Gasteiger partial charge in [-0.2, -0.15) is 0 Å². The van der Waals surface area contributed by atoms with Crippen molar-refractivity contribution < 1.29 is 22.7 Å². The van der Waals surface area contributed by atoms with Crippen LogP contribution >= 0.6 is 11.3 Å². The Morgan fingerprint density at radius 1 is 1.32 bits per heavy atom. The van der Waals surface area contributed by atoms with Crippen molar-refractivity contribution in [2.45, 2.75) is 11.1 Å². The van der Waals surface area contributed by atoms with Crippen molar-refractivity contribution in [3.8, 4) is 11.5 Å². The number of hydrogen-bond acceptors (Lipinski definition) is 7. The van der Waals surface area contributed by atoms with Gasteiger partial charge in [0, 0.05) is 13.0 Å². The Labute approximate surface area is 130 Å². The SMILES string of the molecule is CC(=O)Nc1ncc(S(=O)(=O)Nc2ccc3c(c2)OCO3)s1. The van der Waals surface area contributed by atoms with Crippen molar-refractivity contribution >= 4 is 38.1 Å². The first-order valence-corrected chi connectivity index (χ1v) is 8.40. The van der Waals surface area contributed by atoms with Crippen LogP contribution < -0.4 is 19.5 Å². The summed E-state index contributed by atoms with van der Waals surface area (Å²) in [5.74, 6) is 0.721. The number of sulfonamides is 1. The Bertz CT molecular complexity index is 831. The fourth-order valence-electron chi connectivity index (χ4n) is 1.76. The van der Waals surface area contributed by atoms with Gasteiger partial charge in [-0.25, -0.2) is 13.4 Å². The minimum atomic E-state index is -3.79. The monoisotopic (exact) mass is 341 g/mol. The van der Waals surface area contributed by atoms with Gasteiger partial charge in [0.2, 0.25) is 12.7 Å². The van der Waals surface area contributed by atoms with Crippen LogP contribution in [-0.2, 0) is 14.8 Å². The van der Waals surface area contributed by atoms with Crippen LogP contribution in [0.1, 0.15) is 6.92 Å². The van der Waals surface area contributed by atoms with E-state index >= 15 is 0 Å². The molecule has 0 saturated heterocycles. The molecule has 0 saturated carbocycles. The number of carbonyl (C=O) groups is 1. The van der Waals surface area contributed by atoms with E-state index in [4.69, 9.17) is 9.47 Å². The lowest BCUT2D eigenvalue weighted by atomic mass is 10.3. The van der Waals surface area contributed by atoms with E-state index in [0.29, 0.717) is 17.2 Å². The summed E-state index contributed by atoms with van der Waals surface area (Å²) in [6, 6.07) is 4.73. The van der Waals surface area contributed by atoms with E-state index in [1.165, 1.54) is 19.2 Å². The minimum Gasteiger partial charge on any atom is -0.454 e. The predicted octanol–water partition coefficient (Wildman–Crippen LogP) is 1.63. The zero-order valence-electron chi connectivity index (χ0n) is 11.3. The van der Waals surface area contributed by atoms with Gasteiger partial charge in [0.1, 0.15) is 0 Å². The third-order valence-corrected chi connectivity index (χ3v) is 5.41. The summed E-state index contributed by atoms with van der Waals surface area (Å²) in [6.07, 6.45) is 1.19. The fraction of sp³-hybridized carbons (Fsp3) is 0.167. The molecule has 0 fully saturated rings. The smallest absolute Gasteiger partial charge is 0.273 e. The molecule has 2 aromatic rings. The molecule has 1 aliphatic heterocycles. The van der Waals surface area contributed by atoms with Gasteiger partial charge in [-0.05, 0) is 12.1 Å². The second-order valence-corrected chi connectivity index (χ2v) is 7.28. The molecule has 1 aliphatic rings. The van der Waals surface area contributed by atoms with Gasteiger partial charge in [-0.1, -0.05) is 11.3 Å². The van der Waals surface area contributed by atoms with Crippen molar-refractivity contribution in [1.29, 1.82) is 0 Å². The molecule has 1 aromatic heterocycles. The lowest BCUT2D eigenvalue weighted by Crippen LogP contribution is -2.11. The summed E-state index contributed by atoms with van der Waals surface area (Å²) in [5.41, 5.74) is 0.346. The Kier molecular flexibility index (Phi) is 3.62. The maximum atomic E-state index is 12.3. The Balaban J connectivity index is 1.81. The summed E-state index contributed by atoms with van der Waals surface area (Å²) in [4.78, 5) is 14.8. The van der Waals surface area contributed by atoms with E-state index in [9.17, 15) is 13.2 Å². The van der Waals surface area contributed by atoms with Gasteiger partial charge in [0.15, 0.2) is 20.8 Å². The van der Waals surface area contributed by atoms with E-state index < -0.39 is 10.0 Å². The quantitative estimate of drug-likeness (QED) is 0.875. The highest BCUT2D eigenvalue weighted by Gasteiger charge is 2.20. The molecule has 116 valence electrons. The van der Waals surface area contributed by atoms with Crippen LogP contribution in [-0.4, -0.2) is 26.1 Å². The molecule has 10 heteroatoms. The van der Waals surface area contributed by atoms with Crippen molar-refractivity contribution in [1.82, 2.24) is 4.98 Å². The molecule has 0 radical (unpaired) electrons. The lowest BCUT2D eigenvalue weighted by molar-refractivity contribution is -0.114. The Morgan fingerprint density at radius 2 is 2.09 bits per heavy atom. The average molecular weight is 341 g/mol. The first kappa shape index (κ1) is 14.6. The molecular weight excluding hydrogens is 330 g/mol. The largest absolute Gasteiger partial charge is 0.454 e. The number of anilines is 2. The van der Waals surface area contributed by atoms with Gasteiger partial charge in [0.05, 0.1) is 11.9 Å². The van der Waals surface area contributed by atoms with E-state index in [1.54, 1.807) is 12.1 Å². The molecule has 1 amide bonds. The van der Waals surface area contributed by atoms with Crippen molar-refractivity contribution in [3.63, 3.8) is 0 Å². The molecule has 8 nitrogen and oxygen atoms in total. The maximum absolute atomic E-state index is 12.3. The fourth-order valence-corrected chi connectivity index (χ4v) is 3.88. The molecule has 0 bridgehead atoms. The maximum Gasteiger partial charge on any atom is 0.273 e. The second kappa shape index (κ2) is 5.46. The highest BCUT2D eigenvalue weighted by Crippen LogP contribution is 2.35. The number of nitrogens with zero attached hydrogens (tertiary/aromatic N) is 1. The van der Waals surface area contributed by atoms with Gasteiger partial charge in [0.25, 0.3) is 10.0 Å². The predicted molar refractivity (Wildman–Crippen MR) is 79.8 cm³/mol. The molecule has 22 heavy (non-hydrogen) atoms. The normalized spacial score (nSPS) is 13.0. The second-order valence-electron chi connectivity index (χ2n) is 4.34. The number of aromatic nitrogens is 1. The highest BCUT2D eigenvalue weighted by molar-refractivity contribution is 7.94. The van der Waals surface area contributed by atoms with Crippen LogP contribution in [0.4, 0.5) is 10.8 Å². The average Bonchev–Trinajstić information content (AvgIpc) is 3.06. The number of ether oxygens (including phenoxy) is 2. The van der Waals surface area contributed by atoms with Crippen LogP contribution in [0, 0.1) is 0 Å². The topological polar surface area (TPSA) is 107 Å². The minimum absolute atomic E-state index is 0.00563. The third kappa shape index (κ3) is 2.97. The summed E-state index contributed by atoms with van der Waals surface area (Å²) in [5, 5.41) is 2.66. The summed E-state index contributed by atoms with van der Waals surface area (Å²) < 4.78 is 37.3. The summed E-state index contributed by atoms with van der Waals surface area (Å²) in [6.45, 7) is 1.43. The zero-order chi connectivity index (χ0) is 15.7. The number of fused-ring (bicyclic) bond motifs is 1. The van der Waals surface area contributed by atoms with Crippen LogP contribution in [0.5, 0.6) is 11.5 Å². The molecule has 3 rings (SSSR count). The molecule has 0 atom stereocenters. The molecule has 0 unspecified atom stereocenters. The van der Waals surface area contributed by atoms with Gasteiger partial charge >= 0.3 is 0 Å². The van der Waals surface area contributed by atoms with Gasteiger partial charge in [-0.15, -0.1) is 0 Å².